The molecule has 0 bridgehead atoms. The predicted octanol–water partition coefficient (Wildman–Crippen LogP) is 3.14. The third-order valence-electron chi connectivity index (χ3n) is 2.51. The van der Waals surface area contributed by atoms with Gasteiger partial charge in [-0.3, -0.25) is 0 Å². The molecular formula is C15H15N3OS. The molecule has 0 saturated heterocycles. The molecular weight excluding hydrogens is 270 g/mol. The Labute approximate surface area is 122 Å². The first kappa shape index (κ1) is 14.4. The first-order chi connectivity index (χ1) is 9.67. The van der Waals surface area contributed by atoms with E-state index < -0.39 is 0 Å². The molecule has 0 N–H and O–H groups in total. The van der Waals surface area contributed by atoms with E-state index in [1.165, 1.54) is 0 Å². The molecule has 0 atom stereocenters. The van der Waals surface area contributed by atoms with Crippen LogP contribution in [-0.2, 0) is 0 Å². The molecule has 0 spiro atoms. The van der Waals surface area contributed by atoms with Crippen molar-refractivity contribution in [2.45, 2.75) is 19.0 Å². The highest BCUT2D eigenvalue weighted by Crippen LogP contribution is 2.16. The highest BCUT2D eigenvalue weighted by atomic mass is 32.2. The summed E-state index contributed by atoms with van der Waals surface area (Å²) in [4.78, 5) is 8.72. The van der Waals surface area contributed by atoms with Crippen LogP contribution in [0.15, 0.2) is 35.5 Å². The maximum Gasteiger partial charge on any atom is 0.188 e. The van der Waals surface area contributed by atoms with E-state index >= 15 is 0 Å². The standard InChI is InChI=1S/C15H15N3OS/c1-11-8-12(2)18-15(17-11)20-7-6-19-14-5-3-4-13(9-14)10-16/h3-5,8-9H,6-7H2,1-2H3. The Balaban J connectivity index is 1.83. The molecule has 0 fully saturated rings. The lowest BCUT2D eigenvalue weighted by molar-refractivity contribution is 0.344. The Morgan fingerprint density at radius 3 is 2.65 bits per heavy atom. The van der Waals surface area contributed by atoms with E-state index in [0.29, 0.717) is 17.9 Å². The molecule has 1 aromatic heterocycles. The van der Waals surface area contributed by atoms with Crippen molar-refractivity contribution in [1.29, 1.82) is 5.26 Å². The monoisotopic (exact) mass is 285 g/mol. The number of hydrogen-bond acceptors (Lipinski definition) is 5. The number of ether oxygens (including phenoxy) is 1. The van der Waals surface area contributed by atoms with Gasteiger partial charge in [0.05, 0.1) is 18.2 Å². The van der Waals surface area contributed by atoms with Crippen LogP contribution in [0.1, 0.15) is 17.0 Å². The van der Waals surface area contributed by atoms with Gasteiger partial charge in [-0.15, -0.1) is 0 Å². The zero-order valence-corrected chi connectivity index (χ0v) is 12.3. The van der Waals surface area contributed by atoms with Crippen molar-refractivity contribution < 1.29 is 4.74 Å². The molecule has 0 amide bonds. The van der Waals surface area contributed by atoms with E-state index in [4.69, 9.17) is 10.00 Å². The van der Waals surface area contributed by atoms with Gasteiger partial charge in [0, 0.05) is 17.1 Å². The van der Waals surface area contributed by atoms with E-state index in [2.05, 4.69) is 16.0 Å². The summed E-state index contributed by atoms with van der Waals surface area (Å²) in [6, 6.07) is 11.2. The third-order valence-corrected chi connectivity index (χ3v) is 3.32. The zero-order valence-electron chi connectivity index (χ0n) is 11.5. The fraction of sp³-hybridized carbons (Fsp3) is 0.267. The summed E-state index contributed by atoms with van der Waals surface area (Å²) in [5.41, 5.74) is 2.55. The highest BCUT2D eigenvalue weighted by Gasteiger charge is 2.01. The van der Waals surface area contributed by atoms with Crippen LogP contribution in [0, 0.1) is 25.2 Å². The second-order valence-corrected chi connectivity index (χ2v) is 5.33. The van der Waals surface area contributed by atoms with Crippen molar-refractivity contribution in [3.8, 4) is 11.8 Å². The largest absolute Gasteiger partial charge is 0.493 e. The van der Waals surface area contributed by atoms with E-state index in [1.54, 1.807) is 23.9 Å². The minimum Gasteiger partial charge on any atom is -0.493 e. The molecule has 0 unspecified atom stereocenters. The van der Waals surface area contributed by atoms with Crippen LogP contribution in [-0.4, -0.2) is 22.3 Å². The second kappa shape index (κ2) is 6.92. The molecule has 0 aliphatic heterocycles. The molecule has 0 saturated carbocycles. The molecule has 0 radical (unpaired) electrons. The lowest BCUT2D eigenvalue weighted by Gasteiger charge is -2.06. The van der Waals surface area contributed by atoms with Gasteiger partial charge in [0.15, 0.2) is 5.16 Å². The molecule has 102 valence electrons. The number of nitrogens with zero attached hydrogens (tertiary/aromatic N) is 3. The van der Waals surface area contributed by atoms with Crippen LogP contribution in [0.25, 0.3) is 0 Å². The number of thioether (sulfide) groups is 1. The highest BCUT2D eigenvalue weighted by molar-refractivity contribution is 7.99. The Morgan fingerprint density at radius 2 is 1.95 bits per heavy atom. The number of aromatic nitrogens is 2. The summed E-state index contributed by atoms with van der Waals surface area (Å²) in [5, 5.41) is 9.58. The van der Waals surface area contributed by atoms with Gasteiger partial charge in [-0.25, -0.2) is 9.97 Å². The summed E-state index contributed by atoms with van der Waals surface area (Å²) in [5.74, 6) is 1.48. The maximum atomic E-state index is 8.81. The van der Waals surface area contributed by atoms with Gasteiger partial charge >= 0.3 is 0 Å². The Bertz CT molecular complexity index is 617. The van der Waals surface area contributed by atoms with E-state index in [1.807, 2.05) is 32.0 Å². The molecule has 2 rings (SSSR count). The van der Waals surface area contributed by atoms with Crippen molar-refractivity contribution >= 4 is 11.8 Å². The molecule has 4 nitrogen and oxygen atoms in total. The Morgan fingerprint density at radius 1 is 1.20 bits per heavy atom. The maximum absolute atomic E-state index is 8.81. The summed E-state index contributed by atoms with van der Waals surface area (Å²) in [7, 11) is 0. The van der Waals surface area contributed by atoms with E-state index in [0.717, 1.165) is 22.3 Å². The number of nitriles is 1. The van der Waals surface area contributed by atoms with Crippen LogP contribution >= 0.6 is 11.8 Å². The lowest BCUT2D eigenvalue weighted by Crippen LogP contribution is -2.02. The van der Waals surface area contributed by atoms with Crippen LogP contribution in [0.3, 0.4) is 0 Å². The zero-order chi connectivity index (χ0) is 14.4. The van der Waals surface area contributed by atoms with E-state index in [9.17, 15) is 0 Å². The summed E-state index contributed by atoms with van der Waals surface area (Å²) < 4.78 is 5.60. The second-order valence-electron chi connectivity index (χ2n) is 4.27. The Kier molecular flexibility index (Phi) is 4.97. The number of benzene rings is 1. The van der Waals surface area contributed by atoms with E-state index in [-0.39, 0.29) is 0 Å². The Hall–Kier alpha value is -2.06. The van der Waals surface area contributed by atoms with Crippen LogP contribution in [0.5, 0.6) is 5.75 Å². The van der Waals surface area contributed by atoms with Crippen molar-refractivity contribution in [2.75, 3.05) is 12.4 Å². The minimum absolute atomic E-state index is 0.551. The summed E-state index contributed by atoms with van der Waals surface area (Å²) in [6.07, 6.45) is 0. The number of rotatable bonds is 5. The van der Waals surface area contributed by atoms with Crippen molar-refractivity contribution in [3.05, 3.63) is 47.3 Å². The van der Waals surface area contributed by atoms with Crippen molar-refractivity contribution in [2.24, 2.45) is 0 Å². The molecule has 20 heavy (non-hydrogen) atoms. The fourth-order valence-corrected chi connectivity index (χ4v) is 2.47. The molecule has 2 aromatic rings. The van der Waals surface area contributed by atoms with Crippen LogP contribution < -0.4 is 4.74 Å². The van der Waals surface area contributed by atoms with Gasteiger partial charge in [0.2, 0.25) is 0 Å². The van der Waals surface area contributed by atoms with Gasteiger partial charge in [0.25, 0.3) is 0 Å². The topological polar surface area (TPSA) is 58.8 Å². The molecule has 0 aliphatic carbocycles. The molecule has 1 heterocycles. The van der Waals surface area contributed by atoms with Crippen LogP contribution in [0.2, 0.25) is 0 Å². The first-order valence-corrected chi connectivity index (χ1v) is 7.24. The van der Waals surface area contributed by atoms with Gasteiger partial charge in [0.1, 0.15) is 5.75 Å². The molecule has 5 heteroatoms. The summed E-state index contributed by atoms with van der Waals surface area (Å²) in [6.45, 7) is 4.47. The predicted molar refractivity (Wildman–Crippen MR) is 78.9 cm³/mol. The molecule has 0 aliphatic rings. The van der Waals surface area contributed by atoms with Gasteiger partial charge in [-0.2, -0.15) is 5.26 Å². The SMILES string of the molecule is Cc1cc(C)nc(SCCOc2cccc(C#N)c2)n1. The first-order valence-electron chi connectivity index (χ1n) is 6.25. The average Bonchev–Trinajstić information content (AvgIpc) is 2.43. The smallest absolute Gasteiger partial charge is 0.188 e. The van der Waals surface area contributed by atoms with Crippen molar-refractivity contribution in [1.82, 2.24) is 9.97 Å². The fourth-order valence-electron chi connectivity index (χ4n) is 1.71. The van der Waals surface area contributed by atoms with Gasteiger partial charge < -0.3 is 4.74 Å². The normalized spacial score (nSPS) is 10.1. The summed E-state index contributed by atoms with van der Waals surface area (Å²) >= 11 is 1.57. The lowest BCUT2D eigenvalue weighted by atomic mass is 10.2. The quantitative estimate of drug-likeness (QED) is 0.480. The van der Waals surface area contributed by atoms with Gasteiger partial charge in [-0.05, 0) is 38.1 Å². The van der Waals surface area contributed by atoms with Crippen LogP contribution in [0.4, 0.5) is 0 Å². The van der Waals surface area contributed by atoms with Gasteiger partial charge in [-0.1, -0.05) is 17.8 Å². The third kappa shape index (κ3) is 4.25. The molecule has 1 aromatic carbocycles. The average molecular weight is 285 g/mol. The minimum atomic E-state index is 0.551. The van der Waals surface area contributed by atoms with Crippen molar-refractivity contribution in [3.63, 3.8) is 0 Å². The number of hydrogen-bond donors (Lipinski definition) is 0. The number of aryl methyl sites for hydroxylation is 2.